The minimum atomic E-state index is -0.847. The summed E-state index contributed by atoms with van der Waals surface area (Å²) in [6.07, 6.45) is 1.15. The summed E-state index contributed by atoms with van der Waals surface area (Å²) in [5.74, 6) is -0.532. The Kier molecular flexibility index (Phi) is 3.70. The fraction of sp³-hybridized carbons (Fsp3) is 0.750. The van der Waals surface area contributed by atoms with Crippen molar-refractivity contribution in [3.8, 4) is 0 Å². The second-order valence-corrected chi connectivity index (χ2v) is 2.80. The molecule has 13 heavy (non-hydrogen) atoms. The van der Waals surface area contributed by atoms with Crippen LogP contribution in [0.2, 0.25) is 0 Å². The van der Waals surface area contributed by atoms with Crippen LogP contribution in [0, 0.1) is 0 Å². The number of esters is 2. The summed E-state index contributed by atoms with van der Waals surface area (Å²) < 4.78 is 8.89. The first-order chi connectivity index (χ1) is 6.20. The van der Waals surface area contributed by atoms with Gasteiger partial charge in [0.25, 0.3) is 0 Å². The maximum Gasteiger partial charge on any atom is 0.335 e. The van der Waals surface area contributed by atoms with E-state index in [1.807, 2.05) is 0 Å². The topological polar surface area (TPSA) is 72.8 Å². The highest BCUT2D eigenvalue weighted by atomic mass is 16.6. The average Bonchev–Trinajstić information content (AvgIpc) is 2.67. The van der Waals surface area contributed by atoms with Crippen LogP contribution in [0.4, 0.5) is 0 Å². The number of aliphatic hydroxyl groups is 1. The van der Waals surface area contributed by atoms with E-state index in [0.717, 1.165) is 6.42 Å². The average molecular weight is 188 g/mol. The summed E-state index contributed by atoms with van der Waals surface area (Å²) >= 11 is 0. The molecule has 1 atom stereocenters. The van der Waals surface area contributed by atoms with Crippen LogP contribution in [0.1, 0.15) is 19.3 Å². The van der Waals surface area contributed by atoms with E-state index in [1.54, 1.807) is 0 Å². The van der Waals surface area contributed by atoms with E-state index in [9.17, 15) is 9.59 Å². The van der Waals surface area contributed by atoms with Crippen molar-refractivity contribution < 1.29 is 24.2 Å². The molecule has 5 heteroatoms. The summed E-state index contributed by atoms with van der Waals surface area (Å²) in [6, 6.07) is 0. The van der Waals surface area contributed by atoms with Crippen LogP contribution in [0.15, 0.2) is 0 Å². The number of ether oxygens (including phenoxy) is 2. The Balaban J connectivity index is 0.000000132. The van der Waals surface area contributed by atoms with Gasteiger partial charge in [-0.2, -0.15) is 0 Å². The number of rotatable bonds is 0. The van der Waals surface area contributed by atoms with Gasteiger partial charge in [-0.1, -0.05) is 0 Å². The Morgan fingerprint density at radius 1 is 1.23 bits per heavy atom. The number of hydrogen-bond acceptors (Lipinski definition) is 5. The maximum atomic E-state index is 10.1. The largest absolute Gasteiger partial charge is 0.466 e. The lowest BCUT2D eigenvalue weighted by Crippen LogP contribution is -2.11. The molecule has 74 valence electrons. The van der Waals surface area contributed by atoms with Gasteiger partial charge in [0.05, 0.1) is 13.2 Å². The van der Waals surface area contributed by atoms with Gasteiger partial charge in [0, 0.05) is 12.8 Å². The predicted molar refractivity (Wildman–Crippen MR) is 41.8 cm³/mol. The predicted octanol–water partition coefficient (Wildman–Crippen LogP) is -0.382. The van der Waals surface area contributed by atoms with Crippen molar-refractivity contribution in [3.63, 3.8) is 0 Å². The Bertz CT molecular complexity index is 193. The number of carbonyl (C=O) groups is 2. The van der Waals surface area contributed by atoms with Crippen LogP contribution < -0.4 is 0 Å². The number of aliphatic hydroxyl groups excluding tert-OH is 1. The van der Waals surface area contributed by atoms with E-state index < -0.39 is 12.1 Å². The molecule has 0 bridgehead atoms. The van der Waals surface area contributed by atoms with Gasteiger partial charge in [0.2, 0.25) is 0 Å². The molecular formula is C8H12O5. The first kappa shape index (κ1) is 9.98. The molecule has 2 saturated heterocycles. The van der Waals surface area contributed by atoms with Gasteiger partial charge in [-0.25, -0.2) is 4.79 Å². The molecule has 2 aliphatic rings. The number of hydrogen-bond donors (Lipinski definition) is 1. The molecular weight excluding hydrogens is 176 g/mol. The lowest BCUT2D eigenvalue weighted by molar-refractivity contribution is -0.144. The zero-order valence-corrected chi connectivity index (χ0v) is 7.19. The summed E-state index contributed by atoms with van der Waals surface area (Å²) in [6.45, 7) is 1.01. The van der Waals surface area contributed by atoms with Gasteiger partial charge in [-0.3, -0.25) is 4.79 Å². The fourth-order valence-corrected chi connectivity index (χ4v) is 0.960. The molecule has 2 fully saturated rings. The molecule has 0 saturated carbocycles. The minimum absolute atomic E-state index is 0.0463. The third-order valence-corrected chi connectivity index (χ3v) is 1.70. The molecule has 2 aliphatic heterocycles. The molecule has 2 rings (SSSR count). The highest BCUT2D eigenvalue weighted by molar-refractivity contribution is 5.75. The van der Waals surface area contributed by atoms with Crippen LogP contribution in [-0.4, -0.2) is 36.4 Å². The monoisotopic (exact) mass is 188 g/mol. The molecule has 0 spiro atoms. The maximum absolute atomic E-state index is 10.1. The molecule has 0 aliphatic carbocycles. The van der Waals surface area contributed by atoms with E-state index in [4.69, 9.17) is 5.11 Å². The lowest BCUT2D eigenvalue weighted by Gasteiger charge is -1.88. The molecule has 0 radical (unpaired) electrons. The number of cyclic esters (lactones) is 2. The Morgan fingerprint density at radius 3 is 2.15 bits per heavy atom. The normalized spacial score (nSPS) is 26.1. The zero-order valence-electron chi connectivity index (χ0n) is 7.19. The Labute approximate surface area is 75.6 Å². The van der Waals surface area contributed by atoms with Crippen molar-refractivity contribution in [3.05, 3.63) is 0 Å². The summed E-state index contributed by atoms with van der Waals surface area (Å²) in [5.41, 5.74) is 0. The van der Waals surface area contributed by atoms with Gasteiger partial charge in [0.15, 0.2) is 6.10 Å². The quantitative estimate of drug-likeness (QED) is 0.524. The van der Waals surface area contributed by atoms with Crippen molar-refractivity contribution in [2.45, 2.75) is 25.4 Å². The van der Waals surface area contributed by atoms with Crippen molar-refractivity contribution >= 4 is 11.9 Å². The molecule has 1 N–H and O–H groups in total. The highest BCUT2D eigenvalue weighted by Crippen LogP contribution is 2.03. The Hall–Kier alpha value is -1.10. The standard InChI is InChI=1S/C4H6O3.C4H6O2/c5-3-1-2-7-4(3)6;5-4-2-1-3-6-4/h3,5H,1-2H2;1-3H2. The molecule has 1 unspecified atom stereocenters. The van der Waals surface area contributed by atoms with E-state index >= 15 is 0 Å². The van der Waals surface area contributed by atoms with Gasteiger partial charge in [0.1, 0.15) is 0 Å². The number of carbonyl (C=O) groups excluding carboxylic acids is 2. The third-order valence-electron chi connectivity index (χ3n) is 1.70. The second kappa shape index (κ2) is 4.81. The fourth-order valence-electron chi connectivity index (χ4n) is 0.960. The minimum Gasteiger partial charge on any atom is -0.466 e. The van der Waals surface area contributed by atoms with E-state index in [2.05, 4.69) is 9.47 Å². The van der Waals surface area contributed by atoms with Crippen LogP contribution >= 0.6 is 0 Å². The zero-order chi connectivity index (χ0) is 9.68. The summed E-state index contributed by atoms with van der Waals surface area (Å²) in [5, 5.41) is 8.52. The second-order valence-electron chi connectivity index (χ2n) is 2.80. The SMILES string of the molecule is O=C1CCCO1.O=C1OCCC1O. The van der Waals surface area contributed by atoms with E-state index in [0.29, 0.717) is 26.1 Å². The molecule has 0 aromatic heterocycles. The van der Waals surface area contributed by atoms with Crippen molar-refractivity contribution in [2.75, 3.05) is 13.2 Å². The lowest BCUT2D eigenvalue weighted by atomic mass is 10.3. The molecule has 0 aromatic rings. The van der Waals surface area contributed by atoms with Gasteiger partial charge < -0.3 is 14.6 Å². The van der Waals surface area contributed by atoms with Crippen LogP contribution in [0.3, 0.4) is 0 Å². The molecule has 0 amide bonds. The highest BCUT2D eigenvalue weighted by Gasteiger charge is 2.22. The third kappa shape index (κ3) is 3.42. The van der Waals surface area contributed by atoms with Gasteiger partial charge >= 0.3 is 11.9 Å². The summed E-state index contributed by atoms with van der Waals surface area (Å²) in [4.78, 5) is 20.1. The van der Waals surface area contributed by atoms with Gasteiger partial charge in [-0.05, 0) is 6.42 Å². The molecule has 2 heterocycles. The first-order valence-corrected chi connectivity index (χ1v) is 4.20. The molecule has 0 aromatic carbocycles. The Morgan fingerprint density at radius 2 is 2.00 bits per heavy atom. The first-order valence-electron chi connectivity index (χ1n) is 4.20. The van der Waals surface area contributed by atoms with E-state index in [1.165, 1.54) is 0 Å². The summed E-state index contributed by atoms with van der Waals surface area (Å²) in [7, 11) is 0. The van der Waals surface area contributed by atoms with E-state index in [-0.39, 0.29) is 5.97 Å². The van der Waals surface area contributed by atoms with Crippen LogP contribution in [0.25, 0.3) is 0 Å². The van der Waals surface area contributed by atoms with Gasteiger partial charge in [-0.15, -0.1) is 0 Å². The van der Waals surface area contributed by atoms with Crippen molar-refractivity contribution in [1.29, 1.82) is 0 Å². The molecule has 5 nitrogen and oxygen atoms in total. The van der Waals surface area contributed by atoms with Crippen LogP contribution in [-0.2, 0) is 19.1 Å². The smallest absolute Gasteiger partial charge is 0.335 e. The van der Waals surface area contributed by atoms with Crippen molar-refractivity contribution in [1.82, 2.24) is 0 Å². The van der Waals surface area contributed by atoms with Crippen molar-refractivity contribution in [2.24, 2.45) is 0 Å². The van der Waals surface area contributed by atoms with Crippen LogP contribution in [0.5, 0.6) is 0 Å².